The van der Waals surface area contributed by atoms with Crippen molar-refractivity contribution in [2.45, 2.75) is 39.5 Å². The van der Waals surface area contributed by atoms with Gasteiger partial charge in [0.25, 0.3) is 0 Å². The lowest BCUT2D eigenvalue weighted by Gasteiger charge is -2.14. The molecule has 1 aliphatic carbocycles. The summed E-state index contributed by atoms with van der Waals surface area (Å²) in [5, 5.41) is 0. The van der Waals surface area contributed by atoms with E-state index in [0.717, 1.165) is 12.5 Å². The van der Waals surface area contributed by atoms with E-state index >= 15 is 0 Å². The Balaban J connectivity index is 2.89. The molecule has 0 saturated heterocycles. The Bertz CT molecular complexity index is 347. The maximum atomic E-state index is 13.4. The third-order valence-corrected chi connectivity index (χ3v) is 3.58. The molecule has 1 saturated carbocycles. The molecule has 1 fully saturated rings. The fourth-order valence-electron chi connectivity index (χ4n) is 2.45. The molecule has 0 amide bonds. The number of hydrogen-bond acceptors (Lipinski definition) is 2. The standard InChI is InChI=1S/C13H18F2O2/c1-4-6-13(14,15)12(17)10-7-9(5-2)8(3)11(10)16/h4,6,8-10H,5,7H2,1-3H3/b6-4+. The molecule has 0 aliphatic heterocycles. The average Bonchev–Trinajstić information content (AvgIpc) is 2.55. The summed E-state index contributed by atoms with van der Waals surface area (Å²) in [6, 6.07) is 0. The van der Waals surface area contributed by atoms with Crippen LogP contribution in [0.5, 0.6) is 0 Å². The smallest absolute Gasteiger partial charge is 0.299 e. The Hall–Kier alpha value is -1.06. The largest absolute Gasteiger partial charge is 0.324 e. The van der Waals surface area contributed by atoms with Crippen LogP contribution in [0, 0.1) is 17.8 Å². The molecule has 3 atom stereocenters. The second-order valence-electron chi connectivity index (χ2n) is 4.63. The number of rotatable bonds is 4. The summed E-state index contributed by atoms with van der Waals surface area (Å²) in [7, 11) is 0. The van der Waals surface area contributed by atoms with E-state index in [1.165, 1.54) is 6.92 Å². The third kappa shape index (κ3) is 2.61. The van der Waals surface area contributed by atoms with Gasteiger partial charge in [-0.2, -0.15) is 8.78 Å². The predicted octanol–water partition coefficient (Wildman–Crippen LogP) is 3.02. The van der Waals surface area contributed by atoms with Crippen LogP contribution in [0.25, 0.3) is 0 Å². The van der Waals surface area contributed by atoms with E-state index in [4.69, 9.17) is 0 Å². The second kappa shape index (κ2) is 5.07. The second-order valence-corrected chi connectivity index (χ2v) is 4.63. The summed E-state index contributed by atoms with van der Waals surface area (Å²) in [6.07, 6.45) is 2.71. The first-order chi connectivity index (χ1) is 7.85. The number of halogens is 2. The van der Waals surface area contributed by atoms with Crippen LogP contribution in [0.3, 0.4) is 0 Å². The Morgan fingerprint density at radius 3 is 2.53 bits per heavy atom. The first kappa shape index (κ1) is 14.0. The quantitative estimate of drug-likeness (QED) is 0.562. The molecule has 96 valence electrons. The fraction of sp³-hybridized carbons (Fsp3) is 0.692. The minimum atomic E-state index is -3.52. The van der Waals surface area contributed by atoms with Crippen molar-refractivity contribution in [1.29, 1.82) is 0 Å². The molecule has 0 spiro atoms. The Labute approximate surface area is 100 Å². The Kier molecular flexibility index (Phi) is 4.17. The van der Waals surface area contributed by atoms with Gasteiger partial charge in [0.1, 0.15) is 5.78 Å². The van der Waals surface area contributed by atoms with Crippen molar-refractivity contribution >= 4 is 11.6 Å². The monoisotopic (exact) mass is 244 g/mol. The van der Waals surface area contributed by atoms with E-state index in [1.807, 2.05) is 6.92 Å². The number of ketones is 2. The first-order valence-corrected chi connectivity index (χ1v) is 5.94. The van der Waals surface area contributed by atoms with Crippen molar-refractivity contribution < 1.29 is 18.4 Å². The van der Waals surface area contributed by atoms with Gasteiger partial charge < -0.3 is 0 Å². The number of carbonyl (C=O) groups is 2. The van der Waals surface area contributed by atoms with Crippen LogP contribution in [0.2, 0.25) is 0 Å². The molecule has 3 unspecified atom stereocenters. The summed E-state index contributed by atoms with van der Waals surface area (Å²) >= 11 is 0. The lowest BCUT2D eigenvalue weighted by molar-refractivity contribution is -0.145. The van der Waals surface area contributed by atoms with Gasteiger partial charge in [-0.1, -0.05) is 26.3 Å². The lowest BCUT2D eigenvalue weighted by Crippen LogP contribution is -2.35. The molecule has 0 aromatic carbocycles. The number of hydrogen-bond donors (Lipinski definition) is 0. The van der Waals surface area contributed by atoms with Crippen LogP contribution in [0.15, 0.2) is 12.2 Å². The SMILES string of the molecule is C/C=C/C(F)(F)C(=O)C1CC(CC)C(C)C1=O. The van der Waals surface area contributed by atoms with Crippen LogP contribution in [0.1, 0.15) is 33.6 Å². The fourth-order valence-corrected chi connectivity index (χ4v) is 2.45. The Morgan fingerprint density at radius 2 is 2.12 bits per heavy atom. The maximum absolute atomic E-state index is 13.4. The molecule has 0 N–H and O–H groups in total. The zero-order valence-electron chi connectivity index (χ0n) is 10.4. The van der Waals surface area contributed by atoms with Gasteiger partial charge in [0, 0.05) is 5.92 Å². The van der Waals surface area contributed by atoms with Crippen LogP contribution in [-0.4, -0.2) is 17.5 Å². The van der Waals surface area contributed by atoms with Gasteiger partial charge in [0.2, 0.25) is 5.78 Å². The van der Waals surface area contributed by atoms with Crippen molar-refractivity contribution in [3.05, 3.63) is 12.2 Å². The van der Waals surface area contributed by atoms with Crippen LogP contribution in [0.4, 0.5) is 8.78 Å². The third-order valence-electron chi connectivity index (χ3n) is 3.58. The average molecular weight is 244 g/mol. The van der Waals surface area contributed by atoms with Crippen molar-refractivity contribution in [3.8, 4) is 0 Å². The molecule has 0 aromatic rings. The molecule has 1 rings (SSSR count). The molecule has 0 aromatic heterocycles. The molecular formula is C13H18F2O2. The zero-order valence-corrected chi connectivity index (χ0v) is 10.4. The predicted molar refractivity (Wildman–Crippen MR) is 60.8 cm³/mol. The minimum Gasteiger partial charge on any atom is -0.299 e. The lowest BCUT2D eigenvalue weighted by atomic mass is 9.94. The van der Waals surface area contributed by atoms with Gasteiger partial charge in [-0.15, -0.1) is 0 Å². The van der Waals surface area contributed by atoms with Crippen molar-refractivity contribution in [2.24, 2.45) is 17.8 Å². The van der Waals surface area contributed by atoms with Crippen molar-refractivity contribution in [1.82, 2.24) is 0 Å². The van der Waals surface area contributed by atoms with Crippen LogP contribution in [-0.2, 0) is 9.59 Å². The zero-order chi connectivity index (χ0) is 13.2. The molecule has 17 heavy (non-hydrogen) atoms. The highest BCUT2D eigenvalue weighted by molar-refractivity contribution is 6.08. The van der Waals surface area contributed by atoms with Gasteiger partial charge in [0.05, 0.1) is 5.92 Å². The topological polar surface area (TPSA) is 34.1 Å². The molecule has 1 aliphatic rings. The highest BCUT2D eigenvalue weighted by atomic mass is 19.3. The molecular weight excluding hydrogens is 226 g/mol. The molecule has 4 heteroatoms. The number of carbonyl (C=O) groups excluding carboxylic acids is 2. The highest BCUT2D eigenvalue weighted by Crippen LogP contribution is 2.38. The molecule has 0 bridgehead atoms. The van der Waals surface area contributed by atoms with Crippen molar-refractivity contribution in [3.63, 3.8) is 0 Å². The van der Waals surface area contributed by atoms with Gasteiger partial charge >= 0.3 is 5.92 Å². The van der Waals surface area contributed by atoms with Gasteiger partial charge in [-0.25, -0.2) is 0 Å². The van der Waals surface area contributed by atoms with E-state index in [1.54, 1.807) is 6.92 Å². The first-order valence-electron chi connectivity index (χ1n) is 5.94. The summed E-state index contributed by atoms with van der Waals surface area (Å²) < 4.78 is 26.8. The van der Waals surface area contributed by atoms with Gasteiger partial charge in [-0.05, 0) is 25.3 Å². The maximum Gasteiger partial charge on any atom is 0.324 e. The van der Waals surface area contributed by atoms with E-state index in [2.05, 4.69) is 0 Å². The molecule has 0 heterocycles. The Morgan fingerprint density at radius 1 is 1.53 bits per heavy atom. The van der Waals surface area contributed by atoms with Crippen molar-refractivity contribution in [2.75, 3.05) is 0 Å². The summed E-state index contributed by atoms with van der Waals surface area (Å²) in [5.74, 6) is -6.44. The summed E-state index contributed by atoms with van der Waals surface area (Å²) in [6.45, 7) is 5.05. The normalized spacial score (nSPS) is 30.2. The highest BCUT2D eigenvalue weighted by Gasteiger charge is 2.49. The summed E-state index contributed by atoms with van der Waals surface area (Å²) in [5.41, 5.74) is 0. The van der Waals surface area contributed by atoms with Crippen LogP contribution >= 0.6 is 0 Å². The van der Waals surface area contributed by atoms with Gasteiger partial charge in [0.15, 0.2) is 0 Å². The van der Waals surface area contributed by atoms with E-state index in [9.17, 15) is 18.4 Å². The van der Waals surface area contributed by atoms with E-state index < -0.39 is 17.6 Å². The van der Waals surface area contributed by atoms with E-state index in [-0.39, 0.29) is 24.0 Å². The van der Waals surface area contributed by atoms with Gasteiger partial charge in [-0.3, -0.25) is 9.59 Å². The van der Waals surface area contributed by atoms with E-state index in [0.29, 0.717) is 6.08 Å². The minimum absolute atomic E-state index is 0.0536. The molecule has 2 nitrogen and oxygen atoms in total. The summed E-state index contributed by atoms with van der Waals surface area (Å²) in [4.78, 5) is 23.4. The number of alkyl halides is 2. The number of allylic oxidation sites excluding steroid dienone is 2. The molecule has 0 radical (unpaired) electrons. The van der Waals surface area contributed by atoms with Crippen LogP contribution < -0.4 is 0 Å². The number of Topliss-reactive ketones (excluding diaryl/α,β-unsaturated/α-hetero) is 2.